The van der Waals surface area contributed by atoms with Crippen LogP contribution >= 0.6 is 11.3 Å². The lowest BCUT2D eigenvalue weighted by Gasteiger charge is -2.14. The summed E-state index contributed by atoms with van der Waals surface area (Å²) in [5.74, 6) is 0.102. The number of nitrogens with two attached hydrogens (primary N) is 1. The van der Waals surface area contributed by atoms with Gasteiger partial charge in [-0.1, -0.05) is 0 Å². The molecule has 1 aliphatic carbocycles. The molecule has 132 valence electrons. The Hall–Kier alpha value is -2.54. The van der Waals surface area contributed by atoms with E-state index in [0.29, 0.717) is 17.2 Å². The molecule has 1 aromatic carbocycles. The lowest BCUT2D eigenvalue weighted by Crippen LogP contribution is -2.20. The first-order valence-corrected chi connectivity index (χ1v) is 8.96. The number of carbonyl (C=O) groups is 2. The molecular formula is C18H20N2O4S. The van der Waals surface area contributed by atoms with Crippen LogP contribution in [0.5, 0.6) is 11.5 Å². The first kappa shape index (κ1) is 17.3. The highest BCUT2D eigenvalue weighted by molar-refractivity contribution is 7.10. The van der Waals surface area contributed by atoms with E-state index in [1.165, 1.54) is 24.0 Å². The maximum atomic E-state index is 12.6. The molecule has 1 aliphatic rings. The first-order valence-electron chi connectivity index (χ1n) is 8.08. The van der Waals surface area contributed by atoms with Crippen LogP contribution in [0.3, 0.4) is 0 Å². The summed E-state index contributed by atoms with van der Waals surface area (Å²) in [6.07, 6.45) is 4.32. The number of methoxy groups -OCH3 is 1. The molecule has 3 rings (SSSR count). The van der Waals surface area contributed by atoms with Crippen molar-refractivity contribution in [2.24, 2.45) is 5.73 Å². The first-order chi connectivity index (χ1) is 12.1. The summed E-state index contributed by atoms with van der Waals surface area (Å²) in [7, 11) is 1.50. The standard InChI is InChI=1S/C18H20N2O4S/c1-23-14-7-6-11(8-15(14)24-9-17(19)21)20-18(22)13-10-25-16-5-3-2-4-12(13)16/h6-8,10H,2-5,9H2,1H3,(H2,19,21)(H,20,22). The van der Waals surface area contributed by atoms with Gasteiger partial charge < -0.3 is 20.5 Å². The molecular weight excluding hydrogens is 340 g/mol. The van der Waals surface area contributed by atoms with Gasteiger partial charge in [0.2, 0.25) is 0 Å². The van der Waals surface area contributed by atoms with Crippen LogP contribution in [-0.4, -0.2) is 25.5 Å². The number of fused-ring (bicyclic) bond motifs is 1. The van der Waals surface area contributed by atoms with Gasteiger partial charge in [0.15, 0.2) is 18.1 Å². The molecule has 6 nitrogen and oxygen atoms in total. The molecule has 0 spiro atoms. The van der Waals surface area contributed by atoms with E-state index in [1.807, 2.05) is 5.38 Å². The SMILES string of the molecule is COc1ccc(NC(=O)c2csc3c2CCCC3)cc1OCC(N)=O. The zero-order chi connectivity index (χ0) is 17.8. The molecule has 0 fully saturated rings. The fraction of sp³-hybridized carbons (Fsp3) is 0.333. The van der Waals surface area contributed by atoms with E-state index in [4.69, 9.17) is 15.2 Å². The van der Waals surface area contributed by atoms with Crippen LogP contribution in [0.4, 0.5) is 5.69 Å². The third-order valence-corrected chi connectivity index (χ3v) is 5.19. The Bertz CT molecular complexity index is 800. The molecule has 2 aromatic rings. The van der Waals surface area contributed by atoms with Gasteiger partial charge in [0, 0.05) is 22.0 Å². The van der Waals surface area contributed by atoms with Crippen LogP contribution in [0.1, 0.15) is 33.6 Å². The Kier molecular flexibility index (Phi) is 5.23. The number of aryl methyl sites for hydroxylation is 1. The molecule has 0 bridgehead atoms. The molecule has 2 amide bonds. The summed E-state index contributed by atoms with van der Waals surface area (Å²) in [6, 6.07) is 5.03. The van der Waals surface area contributed by atoms with E-state index in [0.717, 1.165) is 24.8 Å². The molecule has 3 N–H and O–H groups in total. The summed E-state index contributed by atoms with van der Waals surface area (Å²) in [5.41, 5.74) is 7.60. The summed E-state index contributed by atoms with van der Waals surface area (Å²) in [6.45, 7) is -0.258. The highest BCUT2D eigenvalue weighted by Gasteiger charge is 2.20. The van der Waals surface area contributed by atoms with Crippen LogP contribution in [0.2, 0.25) is 0 Å². The van der Waals surface area contributed by atoms with E-state index in [-0.39, 0.29) is 12.5 Å². The number of ether oxygens (including phenoxy) is 2. The predicted octanol–water partition coefficient (Wildman–Crippen LogP) is 2.75. The minimum atomic E-state index is -0.582. The van der Waals surface area contributed by atoms with Gasteiger partial charge in [-0.3, -0.25) is 9.59 Å². The van der Waals surface area contributed by atoms with Crippen molar-refractivity contribution >= 4 is 28.8 Å². The summed E-state index contributed by atoms with van der Waals surface area (Å²) < 4.78 is 10.5. The van der Waals surface area contributed by atoms with Crippen molar-refractivity contribution in [2.45, 2.75) is 25.7 Å². The molecule has 0 saturated heterocycles. The largest absolute Gasteiger partial charge is 0.493 e. The van der Waals surface area contributed by atoms with Crippen molar-refractivity contribution in [1.29, 1.82) is 0 Å². The van der Waals surface area contributed by atoms with Gasteiger partial charge in [-0.05, 0) is 43.4 Å². The summed E-state index contributed by atoms with van der Waals surface area (Å²) in [5, 5.41) is 4.82. The third-order valence-electron chi connectivity index (χ3n) is 4.10. The molecule has 0 atom stereocenters. The minimum Gasteiger partial charge on any atom is -0.493 e. The fourth-order valence-corrected chi connectivity index (χ4v) is 4.02. The maximum absolute atomic E-state index is 12.6. The third kappa shape index (κ3) is 3.93. The zero-order valence-electron chi connectivity index (χ0n) is 14.0. The Morgan fingerprint density at radius 3 is 2.80 bits per heavy atom. The van der Waals surface area contributed by atoms with Crippen LogP contribution in [-0.2, 0) is 17.6 Å². The number of nitrogens with one attached hydrogen (secondary N) is 1. The number of carbonyl (C=O) groups excluding carboxylic acids is 2. The molecule has 7 heteroatoms. The Morgan fingerprint density at radius 1 is 1.24 bits per heavy atom. The molecule has 0 saturated carbocycles. The summed E-state index contributed by atoms with van der Waals surface area (Å²) in [4.78, 5) is 24.9. The van der Waals surface area contributed by atoms with Gasteiger partial charge in [-0.25, -0.2) is 0 Å². The van der Waals surface area contributed by atoms with Crippen molar-refractivity contribution in [3.63, 3.8) is 0 Å². The zero-order valence-corrected chi connectivity index (χ0v) is 14.8. The smallest absolute Gasteiger partial charge is 0.256 e. The monoisotopic (exact) mass is 360 g/mol. The predicted molar refractivity (Wildman–Crippen MR) is 96.6 cm³/mol. The van der Waals surface area contributed by atoms with Crippen LogP contribution < -0.4 is 20.5 Å². The number of primary amides is 1. The Morgan fingerprint density at radius 2 is 2.04 bits per heavy atom. The number of hydrogen-bond acceptors (Lipinski definition) is 5. The van der Waals surface area contributed by atoms with Gasteiger partial charge in [0.25, 0.3) is 11.8 Å². The average molecular weight is 360 g/mol. The lowest BCUT2D eigenvalue weighted by atomic mass is 9.95. The van der Waals surface area contributed by atoms with Crippen molar-refractivity contribution < 1.29 is 19.1 Å². The van der Waals surface area contributed by atoms with Gasteiger partial charge in [-0.2, -0.15) is 0 Å². The van der Waals surface area contributed by atoms with Gasteiger partial charge in [0.1, 0.15) is 0 Å². The second-order valence-electron chi connectivity index (χ2n) is 5.83. The second-order valence-corrected chi connectivity index (χ2v) is 6.80. The number of rotatable bonds is 6. The number of anilines is 1. The molecule has 0 radical (unpaired) electrons. The molecule has 25 heavy (non-hydrogen) atoms. The van der Waals surface area contributed by atoms with E-state index in [9.17, 15) is 9.59 Å². The number of amides is 2. The highest BCUT2D eigenvalue weighted by atomic mass is 32.1. The van der Waals surface area contributed by atoms with Crippen molar-refractivity contribution in [2.75, 3.05) is 19.0 Å². The van der Waals surface area contributed by atoms with Gasteiger partial charge >= 0.3 is 0 Å². The van der Waals surface area contributed by atoms with E-state index in [2.05, 4.69) is 5.32 Å². The van der Waals surface area contributed by atoms with Gasteiger partial charge in [-0.15, -0.1) is 11.3 Å². The van der Waals surface area contributed by atoms with E-state index >= 15 is 0 Å². The molecule has 1 aromatic heterocycles. The average Bonchev–Trinajstić information content (AvgIpc) is 3.04. The Balaban J connectivity index is 1.78. The molecule has 1 heterocycles. The van der Waals surface area contributed by atoms with Crippen molar-refractivity contribution in [1.82, 2.24) is 0 Å². The number of benzene rings is 1. The Labute approximate surface area is 149 Å². The molecule has 0 aliphatic heterocycles. The van der Waals surface area contributed by atoms with E-state index in [1.54, 1.807) is 29.5 Å². The topological polar surface area (TPSA) is 90.7 Å². The quantitative estimate of drug-likeness (QED) is 0.829. The maximum Gasteiger partial charge on any atom is 0.256 e. The lowest BCUT2D eigenvalue weighted by molar-refractivity contribution is -0.119. The van der Waals surface area contributed by atoms with Crippen LogP contribution in [0.25, 0.3) is 0 Å². The van der Waals surface area contributed by atoms with Crippen LogP contribution in [0.15, 0.2) is 23.6 Å². The number of thiophene rings is 1. The van der Waals surface area contributed by atoms with Crippen LogP contribution in [0, 0.1) is 0 Å². The molecule has 0 unspecified atom stereocenters. The normalized spacial score (nSPS) is 13.0. The number of hydrogen-bond donors (Lipinski definition) is 2. The van der Waals surface area contributed by atoms with Crippen molar-refractivity contribution in [3.8, 4) is 11.5 Å². The summed E-state index contributed by atoms with van der Waals surface area (Å²) >= 11 is 1.65. The van der Waals surface area contributed by atoms with E-state index < -0.39 is 5.91 Å². The van der Waals surface area contributed by atoms with Gasteiger partial charge in [0.05, 0.1) is 12.7 Å². The highest BCUT2D eigenvalue weighted by Crippen LogP contribution is 2.32. The second kappa shape index (κ2) is 7.57. The fourth-order valence-electron chi connectivity index (χ4n) is 2.90. The van der Waals surface area contributed by atoms with Crippen molar-refractivity contribution in [3.05, 3.63) is 39.6 Å². The minimum absolute atomic E-state index is 0.134.